The predicted octanol–water partition coefficient (Wildman–Crippen LogP) is -5.42. The Morgan fingerprint density at radius 3 is 1.28 bits per heavy atom. The van der Waals surface area contributed by atoms with Crippen LogP contribution in [0, 0.1) is 0 Å². The molecule has 2 fully saturated rings. The first-order valence-corrected chi connectivity index (χ1v) is 7.66. The monoisotopic (exact) mass is 372 g/mol. The molecule has 2 heterocycles. The normalized spacial score (nSPS) is 48.5. The van der Waals surface area contributed by atoms with E-state index in [2.05, 4.69) is 0 Å². The fourth-order valence-corrected chi connectivity index (χ4v) is 2.74. The quantitative estimate of drug-likeness (QED) is 0.206. The van der Waals surface area contributed by atoms with Crippen LogP contribution in [0.4, 0.5) is 0 Å². The van der Waals surface area contributed by atoms with Crippen LogP contribution in [0.3, 0.4) is 0 Å². The van der Waals surface area contributed by atoms with Crippen LogP contribution in [0.15, 0.2) is 0 Å². The molecular formula is C13H24O12. The summed E-state index contributed by atoms with van der Waals surface area (Å²) in [5.74, 6) is 0. The van der Waals surface area contributed by atoms with E-state index >= 15 is 0 Å². The summed E-state index contributed by atoms with van der Waals surface area (Å²) < 4.78 is 20.2. The first-order valence-electron chi connectivity index (χ1n) is 7.66. The highest BCUT2D eigenvalue weighted by atomic mass is 16.7. The molecule has 8 N–H and O–H groups in total. The molecule has 0 unspecified atom stereocenters. The van der Waals surface area contributed by atoms with Gasteiger partial charge in [-0.2, -0.15) is 0 Å². The van der Waals surface area contributed by atoms with Crippen molar-refractivity contribution in [1.29, 1.82) is 0 Å². The molecule has 0 aliphatic carbocycles. The fourth-order valence-electron chi connectivity index (χ4n) is 2.74. The molecule has 0 aromatic heterocycles. The molecule has 0 amide bonds. The third kappa shape index (κ3) is 4.44. The van der Waals surface area contributed by atoms with Gasteiger partial charge in [-0.15, -0.1) is 0 Å². The second-order valence-corrected chi connectivity index (χ2v) is 5.84. The summed E-state index contributed by atoms with van der Waals surface area (Å²) in [6.45, 7) is -1.84. The number of ether oxygens (including phenoxy) is 4. The lowest BCUT2D eigenvalue weighted by Gasteiger charge is -2.41. The molecule has 0 aromatic carbocycles. The summed E-state index contributed by atoms with van der Waals surface area (Å²) in [7, 11) is 0. The highest BCUT2D eigenvalue weighted by molar-refractivity contribution is 4.91. The van der Waals surface area contributed by atoms with Crippen molar-refractivity contribution in [3.63, 3.8) is 0 Å². The van der Waals surface area contributed by atoms with Gasteiger partial charge >= 0.3 is 0 Å². The summed E-state index contributed by atoms with van der Waals surface area (Å²) >= 11 is 0. The number of aliphatic hydroxyl groups is 8. The molecule has 0 saturated carbocycles. The molecule has 2 aliphatic heterocycles. The van der Waals surface area contributed by atoms with Gasteiger partial charge in [0.2, 0.25) is 0 Å². The first-order chi connectivity index (χ1) is 11.8. The maximum Gasteiger partial charge on any atom is 0.184 e. The van der Waals surface area contributed by atoms with Crippen LogP contribution in [-0.4, -0.2) is 122 Å². The van der Waals surface area contributed by atoms with Gasteiger partial charge in [0, 0.05) is 0 Å². The molecule has 0 spiro atoms. The molecule has 12 heteroatoms. The SMILES string of the molecule is OC[C@H]1O[C@@H](O)[C@H](O)[C@@H](O)[C@@H]1OCO[C@H]1[C@H](O)[C@@H](O)[C@@H](O)O[C@@H]1CO. The van der Waals surface area contributed by atoms with Crippen molar-refractivity contribution in [2.24, 2.45) is 0 Å². The Balaban J connectivity index is 1.93. The van der Waals surface area contributed by atoms with Gasteiger partial charge in [-0.05, 0) is 0 Å². The maximum absolute atomic E-state index is 9.90. The number of hydrogen-bond acceptors (Lipinski definition) is 12. The molecular weight excluding hydrogens is 348 g/mol. The van der Waals surface area contributed by atoms with Crippen molar-refractivity contribution in [1.82, 2.24) is 0 Å². The molecule has 0 aromatic rings. The molecule has 2 rings (SSSR count). The van der Waals surface area contributed by atoms with Crippen molar-refractivity contribution in [3.8, 4) is 0 Å². The van der Waals surface area contributed by atoms with Gasteiger partial charge in [0.25, 0.3) is 0 Å². The lowest BCUT2D eigenvalue weighted by Crippen LogP contribution is -2.61. The smallest absolute Gasteiger partial charge is 0.184 e. The lowest BCUT2D eigenvalue weighted by atomic mass is 9.99. The van der Waals surface area contributed by atoms with E-state index in [0.717, 1.165) is 0 Å². The molecule has 2 saturated heterocycles. The Bertz CT molecular complexity index is 370. The Morgan fingerprint density at radius 2 is 0.960 bits per heavy atom. The number of rotatable bonds is 6. The van der Waals surface area contributed by atoms with E-state index in [-0.39, 0.29) is 0 Å². The summed E-state index contributed by atoms with van der Waals surface area (Å²) in [5.41, 5.74) is 0. The second kappa shape index (κ2) is 8.94. The minimum absolute atomic E-state index is 0.602. The van der Waals surface area contributed by atoms with E-state index in [9.17, 15) is 40.9 Å². The van der Waals surface area contributed by atoms with E-state index in [4.69, 9.17) is 18.9 Å². The molecule has 0 bridgehead atoms. The van der Waals surface area contributed by atoms with E-state index in [1.54, 1.807) is 0 Å². The van der Waals surface area contributed by atoms with E-state index in [1.165, 1.54) is 0 Å². The van der Waals surface area contributed by atoms with Gasteiger partial charge in [0.05, 0.1) is 13.2 Å². The summed E-state index contributed by atoms with van der Waals surface area (Å²) in [6.07, 6.45) is -14.7. The van der Waals surface area contributed by atoms with Crippen LogP contribution in [0.1, 0.15) is 0 Å². The average molecular weight is 372 g/mol. The van der Waals surface area contributed by atoms with Crippen molar-refractivity contribution in [2.45, 2.75) is 61.4 Å². The third-order valence-corrected chi connectivity index (χ3v) is 4.20. The minimum atomic E-state index is -1.70. The zero-order chi connectivity index (χ0) is 18.7. The van der Waals surface area contributed by atoms with Crippen LogP contribution >= 0.6 is 0 Å². The minimum Gasteiger partial charge on any atom is -0.394 e. The Hall–Kier alpha value is -0.480. The highest BCUT2D eigenvalue weighted by Gasteiger charge is 2.46. The van der Waals surface area contributed by atoms with Crippen molar-refractivity contribution >= 4 is 0 Å². The van der Waals surface area contributed by atoms with Gasteiger partial charge in [-0.25, -0.2) is 0 Å². The zero-order valence-corrected chi connectivity index (χ0v) is 13.1. The zero-order valence-electron chi connectivity index (χ0n) is 13.1. The summed E-state index contributed by atoms with van der Waals surface area (Å²) in [4.78, 5) is 0. The van der Waals surface area contributed by atoms with Crippen LogP contribution in [0.25, 0.3) is 0 Å². The van der Waals surface area contributed by atoms with Gasteiger partial charge < -0.3 is 59.8 Å². The summed E-state index contributed by atoms with van der Waals surface area (Å²) in [5, 5.41) is 76.2. The third-order valence-electron chi connectivity index (χ3n) is 4.20. The maximum atomic E-state index is 9.90. The fraction of sp³-hybridized carbons (Fsp3) is 1.00. The molecule has 12 nitrogen and oxygen atoms in total. The molecule has 25 heavy (non-hydrogen) atoms. The van der Waals surface area contributed by atoms with Gasteiger partial charge in [0.1, 0.15) is 55.6 Å². The largest absolute Gasteiger partial charge is 0.394 e. The Labute approximate surface area is 142 Å². The molecule has 10 atom stereocenters. The van der Waals surface area contributed by atoms with Gasteiger partial charge in [-0.1, -0.05) is 0 Å². The molecule has 148 valence electrons. The first kappa shape index (κ1) is 20.8. The standard InChI is InChI=1S/C13H24O12/c14-1-4-10(6(16)8(18)12(20)24-4)22-3-23-11-5(2-15)25-13(21)9(19)7(11)17/h4-21H,1-3H2/t4-,5-,6-,7-,8-,9-,10-,11-,12-,13+/m1/s1. The Morgan fingerprint density at radius 1 is 0.600 bits per heavy atom. The number of aliphatic hydroxyl groups excluding tert-OH is 8. The Kier molecular flexibility index (Phi) is 7.45. The van der Waals surface area contributed by atoms with Crippen LogP contribution in [-0.2, 0) is 18.9 Å². The van der Waals surface area contributed by atoms with Gasteiger partial charge in [0.15, 0.2) is 12.6 Å². The van der Waals surface area contributed by atoms with Crippen LogP contribution in [0.5, 0.6) is 0 Å². The predicted molar refractivity (Wildman–Crippen MR) is 74.6 cm³/mol. The van der Waals surface area contributed by atoms with Crippen LogP contribution < -0.4 is 0 Å². The highest BCUT2D eigenvalue weighted by Crippen LogP contribution is 2.25. The topological polar surface area (TPSA) is 199 Å². The van der Waals surface area contributed by atoms with Crippen molar-refractivity contribution < 1.29 is 59.8 Å². The molecule has 2 aliphatic rings. The second-order valence-electron chi connectivity index (χ2n) is 5.84. The van der Waals surface area contributed by atoms with Crippen molar-refractivity contribution in [3.05, 3.63) is 0 Å². The van der Waals surface area contributed by atoms with E-state index < -0.39 is 81.4 Å². The molecule has 0 radical (unpaired) electrons. The number of hydrogen-bond donors (Lipinski definition) is 8. The van der Waals surface area contributed by atoms with Crippen molar-refractivity contribution in [2.75, 3.05) is 20.0 Å². The van der Waals surface area contributed by atoms with E-state index in [1.807, 2.05) is 0 Å². The summed E-state index contributed by atoms with van der Waals surface area (Å²) in [6, 6.07) is 0. The lowest BCUT2D eigenvalue weighted by molar-refractivity contribution is -0.325. The van der Waals surface area contributed by atoms with Crippen LogP contribution in [0.2, 0.25) is 0 Å². The van der Waals surface area contributed by atoms with Gasteiger partial charge in [-0.3, -0.25) is 0 Å². The average Bonchev–Trinajstić information content (AvgIpc) is 2.60. The van der Waals surface area contributed by atoms with E-state index in [0.29, 0.717) is 0 Å².